The third-order valence-electron chi connectivity index (χ3n) is 2.85. The van der Waals surface area contributed by atoms with Crippen LogP contribution in [0.15, 0.2) is 36.4 Å². The van der Waals surface area contributed by atoms with Crippen LogP contribution in [0.1, 0.15) is 11.3 Å². The fourth-order valence-electron chi connectivity index (χ4n) is 1.96. The second-order valence-corrected chi connectivity index (χ2v) is 4.82. The molecule has 0 spiro atoms. The van der Waals surface area contributed by atoms with E-state index in [1.54, 1.807) is 12.1 Å². The molecule has 0 atom stereocenters. The van der Waals surface area contributed by atoms with Gasteiger partial charge in [-0.3, -0.25) is 5.10 Å². The fraction of sp³-hybridized carbons (Fsp3) is 0.0714. The first-order valence-electron chi connectivity index (χ1n) is 6.03. The Balaban J connectivity index is 2.10. The lowest BCUT2D eigenvalue weighted by molar-refractivity contribution is 0.445. The van der Waals surface area contributed by atoms with Gasteiger partial charge in [-0.25, -0.2) is 4.98 Å². The molecule has 0 bridgehead atoms. The van der Waals surface area contributed by atoms with Crippen molar-refractivity contribution in [1.29, 1.82) is 0 Å². The largest absolute Gasteiger partial charge is 0.419 e. The normalized spacial score (nSPS) is 10.7. The predicted molar refractivity (Wildman–Crippen MR) is 81.0 cm³/mol. The van der Waals surface area contributed by atoms with Crippen LogP contribution >= 0.6 is 12.2 Å². The van der Waals surface area contributed by atoms with Gasteiger partial charge in [-0.2, -0.15) is 0 Å². The molecular formula is C14H12N4OS. The lowest BCUT2D eigenvalue weighted by Gasteiger charge is -2.08. The standard InChI is InChI=1S/C14H12N4OS/c1-8-6-13(18-17-8)19-12-7-10(14(15)20)9-4-2-3-5-11(9)16-12/h2-7H,1H3,(H2,15,20)(H,17,18). The molecule has 0 unspecified atom stereocenters. The van der Waals surface area contributed by atoms with Gasteiger partial charge in [0.05, 0.1) is 5.52 Å². The number of aryl methyl sites for hydroxylation is 1. The van der Waals surface area contributed by atoms with E-state index in [1.165, 1.54) is 0 Å². The molecule has 0 saturated carbocycles. The number of hydrogen-bond donors (Lipinski definition) is 2. The molecule has 0 fully saturated rings. The number of rotatable bonds is 3. The van der Waals surface area contributed by atoms with Crippen LogP contribution in [0.25, 0.3) is 10.9 Å². The summed E-state index contributed by atoms with van der Waals surface area (Å²) in [5, 5.41) is 7.73. The lowest BCUT2D eigenvalue weighted by Crippen LogP contribution is -2.10. The zero-order chi connectivity index (χ0) is 14.1. The third kappa shape index (κ3) is 2.33. The van der Waals surface area contributed by atoms with E-state index in [4.69, 9.17) is 22.7 Å². The lowest BCUT2D eigenvalue weighted by atomic mass is 10.1. The minimum atomic E-state index is 0.312. The van der Waals surface area contributed by atoms with Crippen molar-refractivity contribution < 1.29 is 4.74 Å². The Morgan fingerprint density at radius 1 is 1.25 bits per heavy atom. The molecular weight excluding hydrogens is 272 g/mol. The van der Waals surface area contributed by atoms with Gasteiger partial charge in [0.15, 0.2) is 0 Å². The number of benzene rings is 1. The smallest absolute Gasteiger partial charge is 0.240 e. The van der Waals surface area contributed by atoms with E-state index >= 15 is 0 Å². The van der Waals surface area contributed by atoms with E-state index in [0.29, 0.717) is 16.7 Å². The van der Waals surface area contributed by atoms with E-state index in [1.807, 2.05) is 31.2 Å². The van der Waals surface area contributed by atoms with Crippen molar-refractivity contribution in [3.8, 4) is 11.8 Å². The van der Waals surface area contributed by atoms with E-state index < -0.39 is 0 Å². The first kappa shape index (κ1) is 12.6. The molecule has 0 aliphatic heterocycles. The number of thiocarbonyl (C=S) groups is 1. The second kappa shape index (κ2) is 4.90. The Hall–Kier alpha value is -2.47. The molecule has 1 aromatic carbocycles. The molecule has 0 aliphatic rings. The maximum atomic E-state index is 5.77. The quantitative estimate of drug-likeness (QED) is 0.723. The number of para-hydroxylation sites is 1. The van der Waals surface area contributed by atoms with Crippen LogP contribution in [0.4, 0.5) is 0 Å². The fourth-order valence-corrected chi connectivity index (χ4v) is 2.13. The molecule has 0 radical (unpaired) electrons. The van der Waals surface area contributed by atoms with Gasteiger partial charge in [0.1, 0.15) is 4.99 Å². The molecule has 5 nitrogen and oxygen atoms in total. The van der Waals surface area contributed by atoms with Gasteiger partial charge in [-0.1, -0.05) is 30.4 Å². The topological polar surface area (TPSA) is 76.8 Å². The summed E-state index contributed by atoms with van der Waals surface area (Å²) in [6.07, 6.45) is 0. The maximum absolute atomic E-state index is 5.77. The molecule has 100 valence electrons. The highest BCUT2D eigenvalue weighted by Gasteiger charge is 2.10. The van der Waals surface area contributed by atoms with Gasteiger partial charge in [0.2, 0.25) is 11.8 Å². The molecule has 3 N–H and O–H groups in total. The number of nitrogens with zero attached hydrogens (tertiary/aromatic N) is 2. The van der Waals surface area contributed by atoms with Crippen molar-refractivity contribution >= 4 is 28.1 Å². The SMILES string of the molecule is Cc1cc(Oc2cc(C(N)=S)c3ccccc3n2)n[nH]1. The average molecular weight is 284 g/mol. The summed E-state index contributed by atoms with van der Waals surface area (Å²) >= 11 is 5.09. The van der Waals surface area contributed by atoms with Gasteiger partial charge >= 0.3 is 0 Å². The van der Waals surface area contributed by atoms with Crippen molar-refractivity contribution in [2.24, 2.45) is 5.73 Å². The highest BCUT2D eigenvalue weighted by Crippen LogP contribution is 2.25. The average Bonchev–Trinajstić information content (AvgIpc) is 2.83. The first-order chi connectivity index (χ1) is 9.63. The number of pyridine rings is 1. The molecule has 3 rings (SSSR count). The van der Waals surface area contributed by atoms with Crippen LogP contribution in [-0.2, 0) is 0 Å². The molecule has 3 aromatic rings. The minimum absolute atomic E-state index is 0.312. The summed E-state index contributed by atoms with van der Waals surface area (Å²) in [5.74, 6) is 0.872. The third-order valence-corrected chi connectivity index (χ3v) is 3.07. The zero-order valence-corrected chi connectivity index (χ0v) is 11.6. The number of aromatic nitrogens is 3. The summed E-state index contributed by atoms with van der Waals surface area (Å²) in [5.41, 5.74) is 8.21. The van der Waals surface area contributed by atoms with Gasteiger partial charge < -0.3 is 10.5 Å². The molecule has 2 aromatic heterocycles. The summed E-state index contributed by atoms with van der Waals surface area (Å²) in [6, 6.07) is 11.2. The molecule has 0 amide bonds. The van der Waals surface area contributed by atoms with Crippen molar-refractivity contribution in [2.45, 2.75) is 6.92 Å². The van der Waals surface area contributed by atoms with Crippen molar-refractivity contribution in [2.75, 3.05) is 0 Å². The van der Waals surface area contributed by atoms with Crippen molar-refractivity contribution in [1.82, 2.24) is 15.2 Å². The number of H-pyrrole nitrogens is 1. The second-order valence-electron chi connectivity index (χ2n) is 4.38. The number of hydrogen-bond acceptors (Lipinski definition) is 4. The Morgan fingerprint density at radius 2 is 2.05 bits per heavy atom. The number of fused-ring (bicyclic) bond motifs is 1. The monoisotopic (exact) mass is 284 g/mol. The van der Waals surface area contributed by atoms with E-state index in [9.17, 15) is 0 Å². The highest BCUT2D eigenvalue weighted by atomic mass is 32.1. The Kier molecular flexibility index (Phi) is 3.08. The van der Waals surface area contributed by atoms with Crippen LogP contribution in [0.5, 0.6) is 11.8 Å². The van der Waals surface area contributed by atoms with Gasteiger partial charge in [-0.05, 0) is 13.0 Å². The Morgan fingerprint density at radius 3 is 2.75 bits per heavy atom. The summed E-state index contributed by atoms with van der Waals surface area (Å²) in [4.78, 5) is 4.74. The van der Waals surface area contributed by atoms with Crippen LogP contribution < -0.4 is 10.5 Å². The van der Waals surface area contributed by atoms with Crippen molar-refractivity contribution in [3.05, 3.63) is 47.7 Å². The van der Waals surface area contributed by atoms with Gasteiger partial charge in [-0.15, -0.1) is 5.10 Å². The number of ether oxygens (including phenoxy) is 1. The van der Waals surface area contributed by atoms with E-state index in [2.05, 4.69) is 15.2 Å². The molecule has 0 aliphatic carbocycles. The highest BCUT2D eigenvalue weighted by molar-refractivity contribution is 7.80. The van der Waals surface area contributed by atoms with E-state index in [0.717, 1.165) is 22.2 Å². The first-order valence-corrected chi connectivity index (χ1v) is 6.44. The van der Waals surface area contributed by atoms with Crippen LogP contribution in [0, 0.1) is 6.92 Å². The molecule has 2 heterocycles. The predicted octanol–water partition coefficient (Wildman–Crippen LogP) is 2.69. The number of nitrogens with two attached hydrogens (primary N) is 1. The van der Waals surface area contributed by atoms with Crippen LogP contribution in [-0.4, -0.2) is 20.2 Å². The molecule has 6 heteroatoms. The van der Waals surface area contributed by atoms with E-state index in [-0.39, 0.29) is 0 Å². The van der Waals surface area contributed by atoms with Crippen LogP contribution in [0.3, 0.4) is 0 Å². The minimum Gasteiger partial charge on any atom is -0.419 e. The Labute approximate surface area is 120 Å². The molecule has 0 saturated heterocycles. The summed E-state index contributed by atoms with van der Waals surface area (Å²) in [6.45, 7) is 1.90. The van der Waals surface area contributed by atoms with Gasteiger partial charge in [0.25, 0.3) is 0 Å². The zero-order valence-electron chi connectivity index (χ0n) is 10.8. The number of aromatic amines is 1. The maximum Gasteiger partial charge on any atom is 0.240 e. The Bertz CT molecular complexity index is 797. The number of nitrogens with one attached hydrogen (secondary N) is 1. The van der Waals surface area contributed by atoms with Gasteiger partial charge in [0, 0.05) is 28.8 Å². The van der Waals surface area contributed by atoms with Crippen LogP contribution in [0.2, 0.25) is 0 Å². The molecule has 20 heavy (non-hydrogen) atoms. The summed E-state index contributed by atoms with van der Waals surface area (Å²) < 4.78 is 5.63. The summed E-state index contributed by atoms with van der Waals surface area (Å²) in [7, 11) is 0. The van der Waals surface area contributed by atoms with Crippen molar-refractivity contribution in [3.63, 3.8) is 0 Å².